The molecule has 1 aromatic heterocycles. The van der Waals surface area contributed by atoms with Gasteiger partial charge in [-0.15, -0.1) is 0 Å². The van der Waals surface area contributed by atoms with Crippen LogP contribution < -0.4 is 15.4 Å². The van der Waals surface area contributed by atoms with Crippen molar-refractivity contribution >= 4 is 23.4 Å². The Labute approximate surface area is 223 Å². The van der Waals surface area contributed by atoms with Crippen LogP contribution in [0.3, 0.4) is 0 Å². The van der Waals surface area contributed by atoms with E-state index < -0.39 is 0 Å². The maximum absolute atomic E-state index is 13.2. The van der Waals surface area contributed by atoms with Crippen LogP contribution in [0.15, 0.2) is 78.9 Å². The summed E-state index contributed by atoms with van der Waals surface area (Å²) in [7, 11) is 1.57. The van der Waals surface area contributed by atoms with Gasteiger partial charge >= 0.3 is 6.03 Å². The van der Waals surface area contributed by atoms with Crippen molar-refractivity contribution < 1.29 is 14.3 Å². The van der Waals surface area contributed by atoms with Gasteiger partial charge in [0, 0.05) is 29.9 Å². The van der Waals surface area contributed by atoms with Crippen LogP contribution in [0.1, 0.15) is 24.5 Å². The molecule has 8 nitrogen and oxygen atoms in total. The van der Waals surface area contributed by atoms with Gasteiger partial charge in [-0.2, -0.15) is 5.10 Å². The maximum Gasteiger partial charge on any atom is 0.322 e. The van der Waals surface area contributed by atoms with Crippen LogP contribution in [0.2, 0.25) is 0 Å². The van der Waals surface area contributed by atoms with Gasteiger partial charge < -0.3 is 20.3 Å². The van der Waals surface area contributed by atoms with Crippen molar-refractivity contribution in [3.63, 3.8) is 0 Å². The number of aromatic nitrogens is 2. The first-order valence-corrected chi connectivity index (χ1v) is 12.6. The zero-order valence-electron chi connectivity index (χ0n) is 22.2. The van der Waals surface area contributed by atoms with Gasteiger partial charge in [0.2, 0.25) is 5.91 Å². The van der Waals surface area contributed by atoms with E-state index in [2.05, 4.69) is 16.7 Å². The van der Waals surface area contributed by atoms with Crippen molar-refractivity contribution in [2.45, 2.75) is 27.2 Å². The van der Waals surface area contributed by atoms with Crippen LogP contribution in [0.25, 0.3) is 16.9 Å². The Hall–Kier alpha value is -4.59. The summed E-state index contributed by atoms with van der Waals surface area (Å²) in [6.45, 7) is 6.34. The van der Waals surface area contributed by atoms with Crippen molar-refractivity contribution in [1.29, 1.82) is 0 Å². The number of carbonyl (C=O) groups is 2. The van der Waals surface area contributed by atoms with Gasteiger partial charge in [0.25, 0.3) is 0 Å². The molecule has 0 aliphatic heterocycles. The highest BCUT2D eigenvalue weighted by atomic mass is 16.5. The molecule has 4 rings (SSSR count). The minimum atomic E-state index is -0.358. The predicted octanol–water partition coefficient (Wildman–Crippen LogP) is 6.05. The molecular formula is C30H33N5O3. The van der Waals surface area contributed by atoms with E-state index in [1.807, 2.05) is 69.3 Å². The normalized spacial score (nSPS) is 10.6. The maximum atomic E-state index is 13.2. The lowest BCUT2D eigenvalue weighted by molar-refractivity contribution is -0.116. The number of rotatable bonds is 9. The lowest BCUT2D eigenvalue weighted by atomic mass is 10.1. The summed E-state index contributed by atoms with van der Waals surface area (Å²) < 4.78 is 6.98. The summed E-state index contributed by atoms with van der Waals surface area (Å²) in [4.78, 5) is 27.7. The molecule has 1 heterocycles. The Morgan fingerprint density at radius 3 is 2.45 bits per heavy atom. The lowest BCUT2D eigenvalue weighted by Crippen LogP contribution is -2.41. The van der Waals surface area contributed by atoms with E-state index in [4.69, 9.17) is 9.84 Å². The van der Waals surface area contributed by atoms with Gasteiger partial charge in [0.05, 0.1) is 18.5 Å². The second-order valence-corrected chi connectivity index (χ2v) is 9.11. The van der Waals surface area contributed by atoms with Gasteiger partial charge in [-0.05, 0) is 44.0 Å². The fourth-order valence-electron chi connectivity index (χ4n) is 4.23. The molecule has 0 bridgehead atoms. The molecule has 3 amide bonds. The Kier molecular flexibility index (Phi) is 8.43. The number of methoxy groups -OCH3 is 1. The molecule has 0 fully saturated rings. The van der Waals surface area contributed by atoms with Crippen molar-refractivity contribution in [2.24, 2.45) is 0 Å². The molecule has 0 spiro atoms. The Morgan fingerprint density at radius 2 is 1.74 bits per heavy atom. The number of nitrogens with one attached hydrogen (secondary N) is 2. The molecule has 2 N–H and O–H groups in total. The molecule has 0 atom stereocenters. The van der Waals surface area contributed by atoms with Crippen molar-refractivity contribution in [1.82, 2.24) is 14.7 Å². The second kappa shape index (κ2) is 12.1. The van der Waals surface area contributed by atoms with Crippen LogP contribution in [-0.2, 0) is 4.79 Å². The fraction of sp³-hybridized carbons (Fsp3) is 0.233. The Morgan fingerprint density at radius 1 is 0.947 bits per heavy atom. The smallest absolute Gasteiger partial charge is 0.322 e. The molecule has 0 saturated heterocycles. The molecule has 3 aromatic carbocycles. The van der Waals surface area contributed by atoms with E-state index in [0.29, 0.717) is 30.2 Å². The number of hydrogen-bond donors (Lipinski definition) is 2. The number of amides is 3. The standard InChI is InChI=1S/C30H33N5O3/c1-5-16-34(30(37)31-24-12-9-13-25(18-24)38-4)20-29(36)32-28-19-26(23-10-7-6-8-11-23)33-35(28)27-15-14-21(2)17-22(27)3/h6-15,17-19H,5,16,20H2,1-4H3,(H,31,37)(H,32,36). The van der Waals surface area contributed by atoms with E-state index in [-0.39, 0.29) is 18.5 Å². The molecular weight excluding hydrogens is 478 g/mol. The van der Waals surface area contributed by atoms with Gasteiger partial charge in [0.15, 0.2) is 0 Å². The monoisotopic (exact) mass is 511 g/mol. The Bertz CT molecular complexity index is 1410. The summed E-state index contributed by atoms with van der Waals surface area (Å²) in [5, 5.41) is 10.7. The quantitative estimate of drug-likeness (QED) is 0.286. The highest BCUT2D eigenvalue weighted by Gasteiger charge is 2.20. The average Bonchev–Trinajstić information content (AvgIpc) is 3.32. The minimum Gasteiger partial charge on any atom is -0.497 e. The summed E-state index contributed by atoms with van der Waals surface area (Å²) >= 11 is 0. The number of benzene rings is 3. The number of hydrogen-bond acceptors (Lipinski definition) is 4. The third-order valence-electron chi connectivity index (χ3n) is 6.06. The SMILES string of the molecule is CCCN(CC(=O)Nc1cc(-c2ccccc2)nn1-c1ccc(C)cc1C)C(=O)Nc1cccc(OC)c1. The molecule has 8 heteroatoms. The molecule has 0 aliphatic carbocycles. The zero-order valence-corrected chi connectivity index (χ0v) is 22.2. The number of nitrogens with zero attached hydrogens (tertiary/aromatic N) is 3. The average molecular weight is 512 g/mol. The van der Waals surface area contributed by atoms with Crippen molar-refractivity contribution in [3.8, 4) is 22.7 Å². The lowest BCUT2D eigenvalue weighted by Gasteiger charge is -2.22. The minimum absolute atomic E-state index is 0.109. The van der Waals surface area contributed by atoms with Crippen LogP contribution in [0.4, 0.5) is 16.3 Å². The van der Waals surface area contributed by atoms with E-state index in [9.17, 15) is 9.59 Å². The van der Waals surface area contributed by atoms with Crippen LogP contribution in [0.5, 0.6) is 5.75 Å². The topological polar surface area (TPSA) is 88.5 Å². The predicted molar refractivity (Wildman–Crippen MR) is 151 cm³/mol. The first kappa shape index (κ1) is 26.5. The van der Waals surface area contributed by atoms with Crippen LogP contribution >= 0.6 is 0 Å². The van der Waals surface area contributed by atoms with E-state index in [1.54, 1.807) is 36.1 Å². The third kappa shape index (κ3) is 6.39. The number of ether oxygens (including phenoxy) is 1. The second-order valence-electron chi connectivity index (χ2n) is 9.11. The molecule has 0 aliphatic rings. The van der Waals surface area contributed by atoms with Crippen molar-refractivity contribution in [3.05, 3.63) is 90.0 Å². The van der Waals surface area contributed by atoms with Gasteiger partial charge in [-0.1, -0.05) is 61.0 Å². The fourth-order valence-corrected chi connectivity index (χ4v) is 4.23. The van der Waals surface area contributed by atoms with Crippen LogP contribution in [0, 0.1) is 13.8 Å². The number of aryl methyl sites for hydroxylation is 2. The van der Waals surface area contributed by atoms with Gasteiger partial charge in [-0.3, -0.25) is 4.79 Å². The number of urea groups is 1. The summed E-state index contributed by atoms with van der Waals surface area (Å²) in [6, 6.07) is 24.5. The van der Waals surface area contributed by atoms with Gasteiger partial charge in [0.1, 0.15) is 18.1 Å². The first-order chi connectivity index (χ1) is 18.4. The summed E-state index contributed by atoms with van der Waals surface area (Å²) in [5.41, 5.74) is 5.32. The zero-order chi connectivity index (χ0) is 27.1. The largest absolute Gasteiger partial charge is 0.497 e. The van der Waals surface area contributed by atoms with E-state index >= 15 is 0 Å². The Balaban J connectivity index is 1.57. The van der Waals surface area contributed by atoms with E-state index in [1.165, 1.54) is 4.90 Å². The molecule has 0 radical (unpaired) electrons. The van der Waals surface area contributed by atoms with Crippen LogP contribution in [-0.4, -0.2) is 46.8 Å². The summed E-state index contributed by atoms with van der Waals surface area (Å²) in [6.07, 6.45) is 0.706. The molecule has 4 aromatic rings. The first-order valence-electron chi connectivity index (χ1n) is 12.6. The molecule has 0 unspecified atom stereocenters. The molecule has 38 heavy (non-hydrogen) atoms. The third-order valence-corrected chi connectivity index (χ3v) is 6.06. The van der Waals surface area contributed by atoms with E-state index in [0.717, 1.165) is 28.1 Å². The molecule has 196 valence electrons. The highest BCUT2D eigenvalue weighted by Crippen LogP contribution is 2.27. The number of anilines is 2. The highest BCUT2D eigenvalue weighted by molar-refractivity contribution is 5.97. The summed E-state index contributed by atoms with van der Waals surface area (Å²) in [5.74, 6) is 0.853. The van der Waals surface area contributed by atoms with Crippen molar-refractivity contribution in [2.75, 3.05) is 30.8 Å². The molecule has 0 saturated carbocycles. The van der Waals surface area contributed by atoms with Gasteiger partial charge in [-0.25, -0.2) is 9.48 Å². The number of carbonyl (C=O) groups excluding carboxylic acids is 2.